The molecule has 374 valence electrons. The Bertz CT molecular complexity index is 3960. The van der Waals surface area contributed by atoms with Gasteiger partial charge >= 0.3 is 0 Å². The molecule has 7 heteroatoms. The molecule has 0 amide bonds. The van der Waals surface area contributed by atoms with Crippen molar-refractivity contribution in [2.75, 3.05) is 9.80 Å². The number of aromatic nitrogens is 3. The van der Waals surface area contributed by atoms with Crippen LogP contribution < -0.4 is 9.80 Å². The van der Waals surface area contributed by atoms with Crippen molar-refractivity contribution in [2.24, 2.45) is 0 Å². The fourth-order valence-corrected chi connectivity index (χ4v) is 12.8. The molecule has 2 aliphatic rings. The van der Waals surface area contributed by atoms with Crippen molar-refractivity contribution >= 4 is 34.1 Å². The van der Waals surface area contributed by atoms with Gasteiger partial charge in [-0.1, -0.05) is 218 Å². The lowest BCUT2D eigenvalue weighted by Crippen LogP contribution is -2.38. The molecule has 80 heavy (non-hydrogen) atoms. The van der Waals surface area contributed by atoms with Crippen LogP contribution in [0.2, 0.25) is 0 Å². The SMILES string of the molecule is N#Cc1cccc(-c2cc(-c3cccc(C#N)c3N3c4ccccc4C(c4ccccc4)(c4ccccc4)c4ccccc43)nc(-c3cccnc3)n2)c1N1c2ccccc2C(c2ccccc2)(c2ccccc2)c2ccccc21. The van der Waals surface area contributed by atoms with E-state index in [4.69, 9.17) is 9.97 Å². The van der Waals surface area contributed by atoms with Crippen molar-refractivity contribution in [3.8, 4) is 46.0 Å². The summed E-state index contributed by atoms with van der Waals surface area (Å²) >= 11 is 0. The minimum absolute atomic E-state index is 0.436. The maximum Gasteiger partial charge on any atom is 0.161 e. The molecule has 0 spiro atoms. The maximum atomic E-state index is 11.4. The normalized spacial score (nSPS) is 13.4. The van der Waals surface area contributed by atoms with E-state index in [1.807, 2.05) is 54.6 Å². The van der Waals surface area contributed by atoms with Crippen LogP contribution in [0.1, 0.15) is 55.6 Å². The molecule has 0 saturated carbocycles. The second-order valence-electron chi connectivity index (χ2n) is 20.0. The van der Waals surface area contributed by atoms with Crippen LogP contribution >= 0.6 is 0 Å². The van der Waals surface area contributed by atoms with Gasteiger partial charge in [0.15, 0.2) is 5.82 Å². The molecular formula is C73H47N7. The third-order valence-electron chi connectivity index (χ3n) is 16.0. The highest BCUT2D eigenvalue weighted by Gasteiger charge is 2.49. The number of nitriles is 2. The second-order valence-corrected chi connectivity index (χ2v) is 20.0. The largest absolute Gasteiger partial charge is 0.308 e. The van der Waals surface area contributed by atoms with Crippen LogP contribution in [0.15, 0.2) is 285 Å². The summed E-state index contributed by atoms with van der Waals surface area (Å²) in [6.07, 6.45) is 3.51. The molecule has 0 bridgehead atoms. The van der Waals surface area contributed by atoms with Crippen LogP contribution in [0, 0.1) is 22.7 Å². The Labute approximate surface area is 464 Å². The molecule has 0 radical (unpaired) electrons. The lowest BCUT2D eigenvalue weighted by atomic mass is 9.62. The van der Waals surface area contributed by atoms with Gasteiger partial charge < -0.3 is 9.80 Å². The van der Waals surface area contributed by atoms with Gasteiger partial charge in [-0.2, -0.15) is 10.5 Å². The molecule has 0 unspecified atom stereocenters. The van der Waals surface area contributed by atoms with Crippen LogP contribution in [0.4, 0.5) is 34.1 Å². The van der Waals surface area contributed by atoms with E-state index in [1.54, 1.807) is 12.4 Å². The summed E-state index contributed by atoms with van der Waals surface area (Å²) in [6, 6.07) is 99.9. The maximum absolute atomic E-state index is 11.4. The van der Waals surface area contributed by atoms with E-state index < -0.39 is 10.8 Å². The van der Waals surface area contributed by atoms with Crippen molar-refractivity contribution in [3.05, 3.63) is 341 Å². The summed E-state index contributed by atoms with van der Waals surface area (Å²) < 4.78 is 0. The number of hydrogen-bond acceptors (Lipinski definition) is 7. The summed E-state index contributed by atoms with van der Waals surface area (Å²) in [6.45, 7) is 0. The van der Waals surface area contributed by atoms with Gasteiger partial charge in [-0.25, -0.2) is 9.97 Å². The molecule has 4 heterocycles. The van der Waals surface area contributed by atoms with E-state index in [1.165, 1.54) is 0 Å². The van der Waals surface area contributed by atoms with Gasteiger partial charge in [-0.15, -0.1) is 0 Å². The number of hydrogen-bond donors (Lipinski definition) is 0. The van der Waals surface area contributed by atoms with Crippen molar-refractivity contribution in [1.29, 1.82) is 10.5 Å². The number of fused-ring (bicyclic) bond motifs is 4. The first kappa shape index (κ1) is 47.5. The van der Waals surface area contributed by atoms with Crippen LogP contribution in [-0.4, -0.2) is 15.0 Å². The van der Waals surface area contributed by atoms with E-state index >= 15 is 0 Å². The molecule has 10 aromatic carbocycles. The Hall–Kier alpha value is -11.0. The Morgan fingerprint density at radius 3 is 1.00 bits per heavy atom. The minimum atomic E-state index is -0.723. The second kappa shape index (κ2) is 19.5. The Morgan fingerprint density at radius 1 is 0.338 bits per heavy atom. The number of nitrogens with zero attached hydrogens (tertiary/aromatic N) is 7. The van der Waals surface area contributed by atoms with Gasteiger partial charge in [0.25, 0.3) is 0 Å². The van der Waals surface area contributed by atoms with E-state index in [0.29, 0.717) is 45.3 Å². The van der Waals surface area contributed by atoms with Crippen LogP contribution in [-0.2, 0) is 10.8 Å². The zero-order valence-electron chi connectivity index (χ0n) is 43.3. The van der Waals surface area contributed by atoms with Crippen LogP contribution in [0.25, 0.3) is 33.9 Å². The Balaban J connectivity index is 1.03. The number of rotatable bonds is 9. The average Bonchev–Trinajstić information content (AvgIpc) is 3.72. The zero-order valence-corrected chi connectivity index (χ0v) is 43.3. The quantitative estimate of drug-likeness (QED) is 0.142. The molecule has 0 N–H and O–H groups in total. The fourth-order valence-electron chi connectivity index (χ4n) is 12.8. The molecule has 2 aromatic heterocycles. The third kappa shape index (κ3) is 7.23. The van der Waals surface area contributed by atoms with E-state index in [2.05, 4.69) is 245 Å². The molecule has 12 aromatic rings. The van der Waals surface area contributed by atoms with Gasteiger partial charge in [0.2, 0.25) is 0 Å². The summed E-state index contributed by atoms with van der Waals surface area (Å²) in [5, 5.41) is 22.7. The number of pyridine rings is 1. The first-order valence-electron chi connectivity index (χ1n) is 26.7. The lowest BCUT2D eigenvalue weighted by molar-refractivity contribution is 0.731. The fraction of sp³-hybridized carbons (Fsp3) is 0.0274. The monoisotopic (exact) mass is 1020 g/mol. The smallest absolute Gasteiger partial charge is 0.161 e. The molecule has 2 aliphatic heterocycles. The van der Waals surface area contributed by atoms with E-state index in [0.717, 1.165) is 78.4 Å². The predicted molar refractivity (Wildman–Crippen MR) is 319 cm³/mol. The standard InChI is InChI=1S/C73H47N7/c74-47-50-24-21-35-57(69(50)79-65-41-17-13-37-59(65)72(53-27-5-1-6-28-53,54-29-7-2-8-30-54)60-38-14-18-42-66(60)79)63-46-64(78-71(77-63)52-26-23-45-76-49-52)58-36-22-25-51(48-75)70(58)80-67-43-19-15-39-61(67)73(55-31-9-3-10-32-55,56-33-11-4-12-34-56)62-40-16-20-44-68(62)80/h1-46,49H. The lowest BCUT2D eigenvalue weighted by Gasteiger charge is -2.47. The van der Waals surface area contributed by atoms with Crippen molar-refractivity contribution in [3.63, 3.8) is 0 Å². The van der Waals surface area contributed by atoms with Crippen molar-refractivity contribution < 1.29 is 0 Å². The third-order valence-corrected chi connectivity index (χ3v) is 16.0. The number of para-hydroxylation sites is 6. The van der Waals surface area contributed by atoms with E-state index in [9.17, 15) is 10.5 Å². The highest BCUT2D eigenvalue weighted by Crippen LogP contribution is 2.61. The van der Waals surface area contributed by atoms with Gasteiger partial charge in [0, 0.05) is 29.1 Å². The average molecular weight is 1020 g/mol. The summed E-state index contributed by atoms with van der Waals surface area (Å²) in [4.78, 5) is 19.9. The molecule has 7 nitrogen and oxygen atoms in total. The van der Waals surface area contributed by atoms with Gasteiger partial charge in [0.1, 0.15) is 12.1 Å². The van der Waals surface area contributed by atoms with Crippen LogP contribution in [0.5, 0.6) is 0 Å². The van der Waals surface area contributed by atoms with Crippen LogP contribution in [0.3, 0.4) is 0 Å². The minimum Gasteiger partial charge on any atom is -0.308 e. The van der Waals surface area contributed by atoms with Crippen molar-refractivity contribution in [2.45, 2.75) is 10.8 Å². The molecule has 0 aliphatic carbocycles. The Morgan fingerprint density at radius 2 is 0.675 bits per heavy atom. The molecular weight excluding hydrogens is 975 g/mol. The van der Waals surface area contributed by atoms with Gasteiger partial charge in [-0.05, 0) is 99.1 Å². The molecule has 14 rings (SSSR count). The number of anilines is 6. The first-order chi connectivity index (χ1) is 39.6. The predicted octanol–water partition coefficient (Wildman–Crippen LogP) is 16.9. The molecule has 0 saturated heterocycles. The van der Waals surface area contributed by atoms with E-state index in [-0.39, 0.29) is 0 Å². The zero-order chi connectivity index (χ0) is 53.6. The molecule has 0 atom stereocenters. The summed E-state index contributed by atoms with van der Waals surface area (Å²) in [5.74, 6) is 0.436. The summed E-state index contributed by atoms with van der Waals surface area (Å²) in [5.41, 5.74) is 16.6. The summed E-state index contributed by atoms with van der Waals surface area (Å²) in [7, 11) is 0. The number of benzene rings is 10. The molecule has 0 fully saturated rings. The Kier molecular flexibility index (Phi) is 11.6. The first-order valence-corrected chi connectivity index (χ1v) is 26.7. The highest BCUT2D eigenvalue weighted by atomic mass is 15.2. The van der Waals surface area contributed by atoms with Gasteiger partial charge in [-0.3, -0.25) is 4.98 Å². The van der Waals surface area contributed by atoms with Gasteiger partial charge in [0.05, 0.1) is 67.5 Å². The van der Waals surface area contributed by atoms with Crippen molar-refractivity contribution in [1.82, 2.24) is 15.0 Å². The highest BCUT2D eigenvalue weighted by molar-refractivity contribution is 5.99. The topological polar surface area (TPSA) is 92.7 Å².